The fourth-order valence-corrected chi connectivity index (χ4v) is 3.98. The van der Waals surface area contributed by atoms with E-state index < -0.39 is 6.10 Å². The summed E-state index contributed by atoms with van der Waals surface area (Å²) in [5.41, 5.74) is 0. The highest BCUT2D eigenvalue weighted by Crippen LogP contribution is 2.29. The number of piperidine rings is 1. The van der Waals surface area contributed by atoms with Gasteiger partial charge in [0, 0.05) is 29.6 Å². The van der Waals surface area contributed by atoms with Gasteiger partial charge in [-0.25, -0.2) is 0 Å². The molecule has 120 valence electrons. The van der Waals surface area contributed by atoms with Gasteiger partial charge in [0.2, 0.25) is 0 Å². The third-order valence-corrected chi connectivity index (χ3v) is 5.29. The van der Waals surface area contributed by atoms with Gasteiger partial charge in [-0.05, 0) is 50.8 Å². The van der Waals surface area contributed by atoms with Crippen LogP contribution in [0.2, 0.25) is 0 Å². The maximum Gasteiger partial charge on any atom is 0.263 e. The summed E-state index contributed by atoms with van der Waals surface area (Å²) >= 11 is 3.42. The van der Waals surface area contributed by atoms with Crippen LogP contribution >= 0.6 is 15.9 Å². The highest BCUT2D eigenvalue weighted by molar-refractivity contribution is 9.10. The number of halogens is 1. The number of likely N-dealkylation sites (N-methyl/N-ethyl adjacent to an activating group) is 1. The molecule has 0 aliphatic carbocycles. The van der Waals surface area contributed by atoms with Gasteiger partial charge < -0.3 is 15.0 Å². The Kier molecular flexibility index (Phi) is 4.73. The number of nitrogens with zero attached hydrogens (tertiary/aromatic N) is 1. The van der Waals surface area contributed by atoms with E-state index in [1.54, 1.807) is 0 Å². The van der Waals surface area contributed by atoms with Crippen molar-refractivity contribution in [1.82, 2.24) is 10.2 Å². The molecule has 0 saturated carbocycles. The molecule has 1 N–H and O–H groups in total. The quantitative estimate of drug-likeness (QED) is 0.890. The van der Waals surface area contributed by atoms with Crippen molar-refractivity contribution in [1.29, 1.82) is 0 Å². The average molecular weight is 367 g/mol. The van der Waals surface area contributed by atoms with Gasteiger partial charge in [-0.15, -0.1) is 0 Å². The van der Waals surface area contributed by atoms with Crippen LogP contribution in [0.25, 0.3) is 0 Å². The summed E-state index contributed by atoms with van der Waals surface area (Å²) < 4.78 is 6.75. The summed E-state index contributed by atoms with van der Waals surface area (Å²) in [4.78, 5) is 14.5. The van der Waals surface area contributed by atoms with Gasteiger partial charge in [-0.1, -0.05) is 22.0 Å². The molecule has 1 aromatic rings. The number of carbonyl (C=O) groups excluding carboxylic acids is 1. The zero-order valence-electron chi connectivity index (χ0n) is 13.1. The molecule has 2 saturated heterocycles. The standard InChI is InChI=1S/C17H23BrN2O2/c1-11(22-16-5-3-4-12(18)8-16)17(21)20(2)15-9-13-6-7-14(10-15)19-13/h3-5,8,11,13-15,19H,6-7,9-10H2,1-2H3. The number of ether oxygens (including phenoxy) is 1. The van der Waals surface area contributed by atoms with E-state index in [2.05, 4.69) is 21.2 Å². The zero-order chi connectivity index (χ0) is 15.7. The molecule has 3 atom stereocenters. The summed E-state index contributed by atoms with van der Waals surface area (Å²) in [6, 6.07) is 9.11. The molecule has 3 rings (SSSR count). The van der Waals surface area contributed by atoms with E-state index in [1.807, 2.05) is 43.1 Å². The summed E-state index contributed by atoms with van der Waals surface area (Å²) in [7, 11) is 1.92. The van der Waals surface area contributed by atoms with Crippen LogP contribution in [0.1, 0.15) is 32.6 Å². The molecule has 0 spiro atoms. The molecule has 2 aliphatic heterocycles. The third kappa shape index (κ3) is 3.46. The second-order valence-electron chi connectivity index (χ2n) is 6.43. The maximum absolute atomic E-state index is 12.6. The van der Waals surface area contributed by atoms with E-state index in [1.165, 1.54) is 12.8 Å². The number of fused-ring (bicyclic) bond motifs is 2. The highest BCUT2D eigenvalue weighted by atomic mass is 79.9. The van der Waals surface area contributed by atoms with Crippen molar-refractivity contribution < 1.29 is 9.53 Å². The lowest BCUT2D eigenvalue weighted by atomic mass is 9.98. The normalized spacial score (nSPS) is 28.2. The first-order chi connectivity index (χ1) is 10.5. The van der Waals surface area contributed by atoms with Crippen molar-refractivity contribution in [3.63, 3.8) is 0 Å². The smallest absolute Gasteiger partial charge is 0.263 e. The van der Waals surface area contributed by atoms with Crippen LogP contribution in [0.15, 0.2) is 28.7 Å². The van der Waals surface area contributed by atoms with Crippen molar-refractivity contribution in [2.24, 2.45) is 0 Å². The fourth-order valence-electron chi connectivity index (χ4n) is 3.61. The van der Waals surface area contributed by atoms with Crippen LogP contribution in [-0.4, -0.2) is 42.1 Å². The van der Waals surface area contributed by atoms with Crippen LogP contribution in [0.5, 0.6) is 5.75 Å². The van der Waals surface area contributed by atoms with Gasteiger partial charge in [0.25, 0.3) is 5.91 Å². The molecule has 1 aromatic carbocycles. The predicted octanol–water partition coefficient (Wildman–Crippen LogP) is 2.96. The van der Waals surface area contributed by atoms with Crippen LogP contribution in [0, 0.1) is 0 Å². The number of carbonyl (C=O) groups is 1. The molecule has 22 heavy (non-hydrogen) atoms. The number of hydrogen-bond acceptors (Lipinski definition) is 3. The third-order valence-electron chi connectivity index (χ3n) is 4.80. The number of amides is 1. The molecular weight excluding hydrogens is 344 g/mol. The second-order valence-corrected chi connectivity index (χ2v) is 7.35. The zero-order valence-corrected chi connectivity index (χ0v) is 14.7. The molecule has 2 aliphatic rings. The molecule has 2 fully saturated rings. The SMILES string of the molecule is CC(Oc1cccc(Br)c1)C(=O)N(C)C1CC2CCC(C1)N2. The van der Waals surface area contributed by atoms with Crippen LogP contribution in [-0.2, 0) is 4.79 Å². The molecule has 5 heteroatoms. The molecule has 2 heterocycles. The van der Waals surface area contributed by atoms with Crippen LogP contribution in [0.3, 0.4) is 0 Å². The first-order valence-electron chi connectivity index (χ1n) is 7.98. The lowest BCUT2D eigenvalue weighted by molar-refractivity contribution is -0.139. The van der Waals surface area contributed by atoms with Crippen molar-refractivity contribution in [2.45, 2.75) is 56.8 Å². The Labute approximate surface area is 140 Å². The van der Waals surface area contributed by atoms with Crippen molar-refractivity contribution in [2.75, 3.05) is 7.05 Å². The highest BCUT2D eigenvalue weighted by Gasteiger charge is 2.37. The molecule has 4 nitrogen and oxygen atoms in total. The van der Waals surface area contributed by atoms with Crippen LogP contribution < -0.4 is 10.1 Å². The van der Waals surface area contributed by atoms with Gasteiger partial charge in [0.15, 0.2) is 6.10 Å². The minimum atomic E-state index is -0.466. The van der Waals surface area contributed by atoms with E-state index in [4.69, 9.17) is 4.74 Å². The first-order valence-corrected chi connectivity index (χ1v) is 8.77. The summed E-state index contributed by atoms with van der Waals surface area (Å²) in [6.07, 6.45) is 4.14. The average Bonchev–Trinajstić information content (AvgIpc) is 2.84. The second kappa shape index (κ2) is 6.59. The number of hydrogen-bond donors (Lipinski definition) is 1. The van der Waals surface area contributed by atoms with Gasteiger partial charge >= 0.3 is 0 Å². The molecular formula is C17H23BrN2O2. The van der Waals surface area contributed by atoms with Gasteiger partial charge in [0.1, 0.15) is 5.75 Å². The molecule has 3 unspecified atom stereocenters. The minimum absolute atomic E-state index is 0.0614. The van der Waals surface area contributed by atoms with Gasteiger partial charge in [0.05, 0.1) is 0 Å². The first kappa shape index (κ1) is 15.8. The maximum atomic E-state index is 12.6. The molecule has 0 radical (unpaired) electrons. The van der Waals surface area contributed by atoms with E-state index in [-0.39, 0.29) is 5.91 Å². The summed E-state index contributed by atoms with van der Waals surface area (Å²) in [5, 5.41) is 3.61. The number of benzene rings is 1. The van der Waals surface area contributed by atoms with Crippen LogP contribution in [0.4, 0.5) is 0 Å². The van der Waals surface area contributed by atoms with Crippen molar-refractivity contribution in [3.8, 4) is 5.75 Å². The summed E-state index contributed by atoms with van der Waals surface area (Å²) in [5.74, 6) is 0.778. The molecule has 0 aromatic heterocycles. The topological polar surface area (TPSA) is 41.6 Å². The van der Waals surface area contributed by atoms with E-state index >= 15 is 0 Å². The lowest BCUT2D eigenvalue weighted by Crippen LogP contribution is -2.51. The Morgan fingerprint density at radius 2 is 2.05 bits per heavy atom. The summed E-state index contributed by atoms with van der Waals surface area (Å²) in [6.45, 7) is 1.83. The predicted molar refractivity (Wildman–Crippen MR) is 90.0 cm³/mol. The Hall–Kier alpha value is -1.07. The Bertz CT molecular complexity index is 539. The van der Waals surface area contributed by atoms with E-state index in [9.17, 15) is 4.79 Å². The Balaban J connectivity index is 1.60. The van der Waals surface area contributed by atoms with E-state index in [0.29, 0.717) is 23.9 Å². The fraction of sp³-hybridized carbons (Fsp3) is 0.588. The van der Waals surface area contributed by atoms with Crippen molar-refractivity contribution in [3.05, 3.63) is 28.7 Å². The largest absolute Gasteiger partial charge is 0.481 e. The number of rotatable bonds is 4. The Morgan fingerprint density at radius 3 is 2.68 bits per heavy atom. The molecule has 2 bridgehead atoms. The van der Waals surface area contributed by atoms with E-state index in [0.717, 1.165) is 17.3 Å². The monoisotopic (exact) mass is 366 g/mol. The Morgan fingerprint density at radius 1 is 1.36 bits per heavy atom. The number of nitrogens with one attached hydrogen (secondary N) is 1. The minimum Gasteiger partial charge on any atom is -0.481 e. The van der Waals surface area contributed by atoms with Crippen molar-refractivity contribution >= 4 is 21.8 Å². The van der Waals surface area contributed by atoms with Gasteiger partial charge in [-0.2, -0.15) is 0 Å². The molecule has 1 amide bonds. The van der Waals surface area contributed by atoms with Gasteiger partial charge in [-0.3, -0.25) is 4.79 Å². The lowest BCUT2D eigenvalue weighted by Gasteiger charge is -2.36.